The molecular weight excluding hydrogens is 429 g/mol. The van der Waals surface area contributed by atoms with Crippen LogP contribution in [0.25, 0.3) is 0 Å². The van der Waals surface area contributed by atoms with Gasteiger partial charge >= 0.3 is 0 Å². The van der Waals surface area contributed by atoms with Crippen LogP contribution >= 0.6 is 24.0 Å². The summed E-state index contributed by atoms with van der Waals surface area (Å²) in [5.74, 6) is 1.59. The van der Waals surface area contributed by atoms with E-state index in [0.29, 0.717) is 12.5 Å². The fraction of sp³-hybridized carbons (Fsp3) is 0.632. The molecule has 142 valence electrons. The molecule has 0 bridgehead atoms. The Morgan fingerprint density at radius 1 is 1.32 bits per heavy atom. The summed E-state index contributed by atoms with van der Waals surface area (Å²) in [6, 6.07) is 10.3. The number of benzene rings is 1. The molecule has 1 fully saturated rings. The van der Waals surface area contributed by atoms with Crippen molar-refractivity contribution < 1.29 is 9.47 Å². The number of halogens is 1. The number of aliphatic imine (C=N–C) groups is 1. The lowest BCUT2D eigenvalue weighted by molar-refractivity contribution is 0.117. The Kier molecular flexibility index (Phi) is 11.9. The molecule has 1 aliphatic rings. The second kappa shape index (κ2) is 13.4. The maximum atomic E-state index is 5.71. The molecule has 0 aromatic heterocycles. The number of nitrogens with one attached hydrogen (secondary N) is 1. The van der Waals surface area contributed by atoms with Gasteiger partial charge in [-0.3, -0.25) is 4.99 Å². The van der Waals surface area contributed by atoms with Crippen LogP contribution in [0.2, 0.25) is 0 Å². The highest BCUT2D eigenvalue weighted by molar-refractivity contribution is 14.0. The van der Waals surface area contributed by atoms with E-state index in [1.165, 1.54) is 5.56 Å². The fourth-order valence-electron chi connectivity index (χ4n) is 2.88. The molecule has 1 aliphatic heterocycles. The molecule has 25 heavy (non-hydrogen) atoms. The predicted octanol–water partition coefficient (Wildman–Crippen LogP) is 3.15. The smallest absolute Gasteiger partial charge is 0.193 e. The molecule has 1 aromatic carbocycles. The van der Waals surface area contributed by atoms with E-state index in [9.17, 15) is 0 Å². The molecule has 6 heteroatoms. The fourth-order valence-corrected chi connectivity index (χ4v) is 2.88. The average Bonchev–Trinajstić information content (AvgIpc) is 3.11. The number of ether oxygens (including phenoxy) is 2. The van der Waals surface area contributed by atoms with E-state index < -0.39 is 0 Å². The van der Waals surface area contributed by atoms with Gasteiger partial charge in [-0.25, -0.2) is 0 Å². The van der Waals surface area contributed by atoms with Gasteiger partial charge in [-0.05, 0) is 24.8 Å². The van der Waals surface area contributed by atoms with Gasteiger partial charge in [0, 0.05) is 46.3 Å². The molecule has 1 heterocycles. The van der Waals surface area contributed by atoms with Crippen molar-refractivity contribution >= 4 is 29.9 Å². The maximum absolute atomic E-state index is 5.71. The van der Waals surface area contributed by atoms with Crippen molar-refractivity contribution in [2.45, 2.75) is 25.9 Å². The van der Waals surface area contributed by atoms with Crippen molar-refractivity contribution in [3.63, 3.8) is 0 Å². The molecule has 0 amide bonds. The Hall–Kier alpha value is -0.860. The van der Waals surface area contributed by atoms with Crippen molar-refractivity contribution in [2.75, 3.05) is 47.0 Å². The molecule has 0 radical (unpaired) electrons. The summed E-state index contributed by atoms with van der Waals surface area (Å²) in [7, 11) is 3.93. The van der Waals surface area contributed by atoms with Gasteiger partial charge < -0.3 is 19.7 Å². The third-order valence-corrected chi connectivity index (χ3v) is 4.24. The molecule has 1 saturated heterocycles. The molecule has 0 aliphatic carbocycles. The summed E-state index contributed by atoms with van der Waals surface area (Å²) in [6.45, 7) is 5.19. The second-order valence-electron chi connectivity index (χ2n) is 6.33. The minimum Gasteiger partial charge on any atom is -0.381 e. The van der Waals surface area contributed by atoms with Gasteiger partial charge in [0.15, 0.2) is 5.96 Å². The Morgan fingerprint density at radius 3 is 2.80 bits per heavy atom. The third-order valence-electron chi connectivity index (χ3n) is 4.24. The lowest BCUT2D eigenvalue weighted by Gasteiger charge is -2.24. The molecule has 1 unspecified atom stereocenters. The number of nitrogens with zero attached hydrogens (tertiary/aromatic N) is 2. The topological polar surface area (TPSA) is 46.1 Å². The molecule has 1 atom stereocenters. The third kappa shape index (κ3) is 8.87. The molecule has 1 N–H and O–H groups in total. The molecular formula is C19H32IN3O2. The minimum atomic E-state index is 0. The number of guanidine groups is 1. The van der Waals surface area contributed by atoms with Gasteiger partial charge in [0.2, 0.25) is 0 Å². The van der Waals surface area contributed by atoms with Crippen LogP contribution in [0.5, 0.6) is 0 Å². The highest BCUT2D eigenvalue weighted by Gasteiger charge is 2.18. The zero-order valence-electron chi connectivity index (χ0n) is 15.4. The molecule has 0 saturated carbocycles. The Balaban J connectivity index is 0.00000312. The highest BCUT2D eigenvalue weighted by atomic mass is 127. The Bertz CT molecular complexity index is 479. The second-order valence-corrected chi connectivity index (χ2v) is 6.33. The SMILES string of the molecule is CN=C(NCCCCOCc1ccccc1)N(C)CC1CCOC1.I. The van der Waals surface area contributed by atoms with E-state index >= 15 is 0 Å². The zero-order chi connectivity index (χ0) is 17.0. The van der Waals surface area contributed by atoms with Crippen molar-refractivity contribution in [1.29, 1.82) is 0 Å². The Labute approximate surface area is 169 Å². The van der Waals surface area contributed by atoms with Gasteiger partial charge in [0.1, 0.15) is 0 Å². The molecule has 0 spiro atoms. The van der Waals surface area contributed by atoms with Crippen LogP contribution in [-0.4, -0.2) is 57.9 Å². The van der Waals surface area contributed by atoms with E-state index in [4.69, 9.17) is 9.47 Å². The van der Waals surface area contributed by atoms with Crippen LogP contribution in [0.15, 0.2) is 35.3 Å². The van der Waals surface area contributed by atoms with Gasteiger partial charge in [0.05, 0.1) is 13.2 Å². The van der Waals surface area contributed by atoms with Crippen molar-refractivity contribution in [1.82, 2.24) is 10.2 Å². The highest BCUT2D eigenvalue weighted by Crippen LogP contribution is 2.13. The number of rotatable bonds is 9. The van der Waals surface area contributed by atoms with Gasteiger partial charge in [-0.1, -0.05) is 30.3 Å². The predicted molar refractivity (Wildman–Crippen MR) is 114 cm³/mol. The monoisotopic (exact) mass is 461 g/mol. The van der Waals surface area contributed by atoms with Gasteiger partial charge in [-0.15, -0.1) is 24.0 Å². The van der Waals surface area contributed by atoms with Crippen LogP contribution in [0, 0.1) is 5.92 Å². The summed E-state index contributed by atoms with van der Waals surface area (Å²) in [4.78, 5) is 6.56. The van der Waals surface area contributed by atoms with Crippen LogP contribution in [0.1, 0.15) is 24.8 Å². The average molecular weight is 461 g/mol. The lowest BCUT2D eigenvalue weighted by atomic mass is 10.1. The van der Waals surface area contributed by atoms with Crippen LogP contribution in [-0.2, 0) is 16.1 Å². The first-order valence-corrected chi connectivity index (χ1v) is 8.91. The van der Waals surface area contributed by atoms with Gasteiger partial charge in [-0.2, -0.15) is 0 Å². The normalized spacial score (nSPS) is 17.2. The van der Waals surface area contributed by atoms with Crippen LogP contribution in [0.3, 0.4) is 0 Å². The lowest BCUT2D eigenvalue weighted by Crippen LogP contribution is -2.41. The van der Waals surface area contributed by atoms with Gasteiger partial charge in [0.25, 0.3) is 0 Å². The maximum Gasteiger partial charge on any atom is 0.193 e. The summed E-state index contributed by atoms with van der Waals surface area (Å²) in [6.07, 6.45) is 3.28. The van der Waals surface area contributed by atoms with E-state index in [-0.39, 0.29) is 24.0 Å². The summed E-state index contributed by atoms with van der Waals surface area (Å²) >= 11 is 0. The van der Waals surface area contributed by atoms with Crippen LogP contribution < -0.4 is 5.32 Å². The van der Waals surface area contributed by atoms with Crippen LogP contribution in [0.4, 0.5) is 0 Å². The molecule has 5 nitrogen and oxygen atoms in total. The first kappa shape index (κ1) is 22.2. The number of hydrogen-bond donors (Lipinski definition) is 1. The summed E-state index contributed by atoms with van der Waals surface area (Å²) in [5.41, 5.74) is 1.23. The first-order chi connectivity index (χ1) is 11.8. The Morgan fingerprint density at radius 2 is 2.12 bits per heavy atom. The van der Waals surface area contributed by atoms with E-state index in [0.717, 1.165) is 58.1 Å². The summed E-state index contributed by atoms with van der Waals surface area (Å²) < 4.78 is 11.1. The summed E-state index contributed by atoms with van der Waals surface area (Å²) in [5, 5.41) is 3.43. The zero-order valence-corrected chi connectivity index (χ0v) is 17.8. The standard InChI is InChI=1S/C19H31N3O2.HI/c1-20-19(22(2)14-18-10-13-24-16-18)21-11-6-7-12-23-15-17-8-4-3-5-9-17;/h3-5,8-9,18H,6-7,10-16H2,1-2H3,(H,20,21);1H. The largest absolute Gasteiger partial charge is 0.381 e. The quantitative estimate of drug-likeness (QED) is 0.266. The number of unbranched alkanes of at least 4 members (excludes halogenated alkanes) is 1. The van der Waals surface area contributed by atoms with Crippen molar-refractivity contribution in [3.8, 4) is 0 Å². The van der Waals surface area contributed by atoms with E-state index in [1.807, 2.05) is 25.2 Å². The van der Waals surface area contributed by atoms with E-state index in [2.05, 4.69) is 34.4 Å². The first-order valence-electron chi connectivity index (χ1n) is 8.91. The minimum absolute atomic E-state index is 0. The van der Waals surface area contributed by atoms with Crippen molar-refractivity contribution in [3.05, 3.63) is 35.9 Å². The molecule has 2 rings (SSSR count). The van der Waals surface area contributed by atoms with Crippen molar-refractivity contribution in [2.24, 2.45) is 10.9 Å². The molecule has 1 aromatic rings. The van der Waals surface area contributed by atoms with E-state index in [1.54, 1.807) is 0 Å². The number of hydrogen-bond acceptors (Lipinski definition) is 3.